The zero-order valence-electron chi connectivity index (χ0n) is 11.1. The number of guanidine groups is 1. The Labute approximate surface area is 109 Å². The summed E-state index contributed by atoms with van der Waals surface area (Å²) in [7, 11) is 1.91. The van der Waals surface area contributed by atoms with E-state index >= 15 is 0 Å². The molecule has 0 bridgehead atoms. The van der Waals surface area contributed by atoms with Gasteiger partial charge in [0.05, 0.1) is 0 Å². The Morgan fingerprint density at radius 1 is 1.47 bits per heavy atom. The summed E-state index contributed by atoms with van der Waals surface area (Å²) < 4.78 is 0. The van der Waals surface area contributed by atoms with Crippen LogP contribution in [0.15, 0.2) is 4.99 Å². The van der Waals surface area contributed by atoms with Gasteiger partial charge in [0, 0.05) is 37.7 Å². The van der Waals surface area contributed by atoms with E-state index in [1.165, 1.54) is 31.4 Å². The predicted molar refractivity (Wildman–Crippen MR) is 76.8 cm³/mol. The van der Waals surface area contributed by atoms with Crippen molar-refractivity contribution in [1.29, 1.82) is 0 Å². The largest absolute Gasteiger partial charge is 0.356 e. The Morgan fingerprint density at radius 2 is 2.29 bits per heavy atom. The molecule has 0 aromatic carbocycles. The first-order chi connectivity index (χ1) is 8.33. The van der Waals surface area contributed by atoms with Gasteiger partial charge in [-0.2, -0.15) is 11.8 Å². The van der Waals surface area contributed by atoms with E-state index in [4.69, 9.17) is 0 Å². The second-order valence-corrected chi connectivity index (χ2v) is 6.48. The number of thioether (sulfide) groups is 1. The molecule has 0 amide bonds. The summed E-state index contributed by atoms with van der Waals surface area (Å²) in [6.07, 6.45) is 5.48. The van der Waals surface area contributed by atoms with E-state index in [-0.39, 0.29) is 0 Å². The molecule has 1 aliphatic carbocycles. The van der Waals surface area contributed by atoms with Crippen LogP contribution in [0.4, 0.5) is 0 Å². The van der Waals surface area contributed by atoms with Crippen LogP contribution in [0.25, 0.3) is 0 Å². The van der Waals surface area contributed by atoms with Crippen molar-refractivity contribution < 1.29 is 0 Å². The van der Waals surface area contributed by atoms with Crippen LogP contribution in [0.3, 0.4) is 0 Å². The number of hydrogen-bond acceptors (Lipinski definition) is 2. The normalized spacial score (nSPS) is 26.8. The minimum Gasteiger partial charge on any atom is -0.356 e. The average Bonchev–Trinajstić information content (AvgIpc) is 2.32. The third-order valence-electron chi connectivity index (χ3n) is 3.88. The summed E-state index contributed by atoms with van der Waals surface area (Å²) in [6, 6.07) is 0. The van der Waals surface area contributed by atoms with E-state index < -0.39 is 0 Å². The second-order valence-electron chi connectivity index (χ2n) is 5.07. The molecule has 1 saturated carbocycles. The molecule has 0 radical (unpaired) electrons. The van der Waals surface area contributed by atoms with Gasteiger partial charge in [0.25, 0.3) is 0 Å². The molecule has 1 atom stereocenters. The number of aliphatic imine (C=N–C) groups is 1. The van der Waals surface area contributed by atoms with Crippen LogP contribution in [-0.4, -0.2) is 48.5 Å². The summed E-state index contributed by atoms with van der Waals surface area (Å²) in [5.41, 5.74) is 0. The third kappa shape index (κ3) is 3.54. The minimum absolute atomic E-state index is 0.783. The maximum atomic E-state index is 4.43. The molecule has 1 unspecified atom stereocenters. The Balaban J connectivity index is 1.79. The van der Waals surface area contributed by atoms with Crippen molar-refractivity contribution >= 4 is 17.7 Å². The first kappa shape index (κ1) is 13.1. The van der Waals surface area contributed by atoms with Gasteiger partial charge in [0.1, 0.15) is 0 Å². The maximum Gasteiger partial charge on any atom is 0.193 e. The fourth-order valence-corrected chi connectivity index (χ4v) is 3.60. The Hall–Kier alpha value is -0.380. The minimum atomic E-state index is 0.783. The molecule has 1 aliphatic heterocycles. The second kappa shape index (κ2) is 6.53. The first-order valence-electron chi connectivity index (χ1n) is 6.90. The van der Waals surface area contributed by atoms with Crippen molar-refractivity contribution in [3.05, 3.63) is 0 Å². The lowest BCUT2D eigenvalue weighted by atomic mass is 9.85. The molecule has 0 aromatic rings. The monoisotopic (exact) mass is 255 g/mol. The molecule has 2 rings (SSSR count). The van der Waals surface area contributed by atoms with Crippen molar-refractivity contribution in [1.82, 2.24) is 10.2 Å². The molecule has 2 aliphatic rings. The molecule has 3 nitrogen and oxygen atoms in total. The van der Waals surface area contributed by atoms with Gasteiger partial charge in [-0.25, -0.2) is 0 Å². The molecule has 4 heteroatoms. The van der Waals surface area contributed by atoms with E-state index in [1.54, 1.807) is 0 Å². The summed E-state index contributed by atoms with van der Waals surface area (Å²) in [5, 5.41) is 4.34. The molecule has 1 saturated heterocycles. The lowest BCUT2D eigenvalue weighted by Gasteiger charge is -2.35. The van der Waals surface area contributed by atoms with Gasteiger partial charge in [-0.05, 0) is 25.2 Å². The number of rotatable bonds is 3. The van der Waals surface area contributed by atoms with Gasteiger partial charge in [0.2, 0.25) is 0 Å². The quantitative estimate of drug-likeness (QED) is 0.619. The highest BCUT2D eigenvalue weighted by Crippen LogP contribution is 2.25. The Morgan fingerprint density at radius 3 is 2.88 bits per heavy atom. The molecular formula is C13H25N3S. The average molecular weight is 255 g/mol. The van der Waals surface area contributed by atoms with Crippen molar-refractivity contribution in [2.75, 3.05) is 32.4 Å². The summed E-state index contributed by atoms with van der Waals surface area (Å²) in [4.78, 5) is 6.87. The van der Waals surface area contributed by atoms with Crippen LogP contribution in [0.2, 0.25) is 0 Å². The van der Waals surface area contributed by atoms with E-state index in [0.717, 1.165) is 36.8 Å². The highest BCUT2D eigenvalue weighted by Gasteiger charge is 2.23. The number of nitrogens with one attached hydrogen (secondary N) is 1. The zero-order valence-corrected chi connectivity index (χ0v) is 11.9. The maximum absolute atomic E-state index is 4.43. The van der Waals surface area contributed by atoms with Gasteiger partial charge in [-0.1, -0.05) is 13.3 Å². The lowest BCUT2D eigenvalue weighted by molar-refractivity contribution is 0.308. The van der Waals surface area contributed by atoms with Gasteiger partial charge < -0.3 is 10.2 Å². The highest BCUT2D eigenvalue weighted by atomic mass is 32.2. The molecular weight excluding hydrogens is 230 g/mol. The lowest BCUT2D eigenvalue weighted by Crippen LogP contribution is -2.49. The highest BCUT2D eigenvalue weighted by molar-refractivity contribution is 8.00. The molecule has 17 heavy (non-hydrogen) atoms. The van der Waals surface area contributed by atoms with E-state index in [0.29, 0.717) is 0 Å². The third-order valence-corrected chi connectivity index (χ3v) is 5.25. The molecule has 1 heterocycles. The van der Waals surface area contributed by atoms with Crippen LogP contribution in [0.5, 0.6) is 0 Å². The topological polar surface area (TPSA) is 27.6 Å². The van der Waals surface area contributed by atoms with Crippen LogP contribution in [-0.2, 0) is 0 Å². The molecule has 0 aromatic heterocycles. The Kier molecular flexibility index (Phi) is 5.01. The van der Waals surface area contributed by atoms with Crippen LogP contribution < -0.4 is 5.32 Å². The van der Waals surface area contributed by atoms with Crippen LogP contribution in [0, 0.1) is 5.92 Å². The molecule has 1 N–H and O–H groups in total. The van der Waals surface area contributed by atoms with Gasteiger partial charge in [-0.15, -0.1) is 0 Å². The number of hydrogen-bond donors (Lipinski definition) is 1. The standard InChI is InChI=1S/C13H25N3S/c1-3-12-10-16(7-8-17-12)13(14-2)15-9-11-5-4-6-11/h11-12H,3-10H2,1-2H3,(H,14,15). The molecule has 98 valence electrons. The van der Waals surface area contributed by atoms with Crippen molar-refractivity contribution in [2.45, 2.75) is 37.9 Å². The van der Waals surface area contributed by atoms with Gasteiger partial charge >= 0.3 is 0 Å². The fraction of sp³-hybridized carbons (Fsp3) is 0.923. The first-order valence-corrected chi connectivity index (χ1v) is 7.95. The van der Waals surface area contributed by atoms with Crippen molar-refractivity contribution in [2.24, 2.45) is 10.9 Å². The van der Waals surface area contributed by atoms with E-state index in [2.05, 4.69) is 33.9 Å². The fourth-order valence-electron chi connectivity index (χ4n) is 2.42. The summed E-state index contributed by atoms with van der Waals surface area (Å²) in [5.74, 6) is 3.26. The van der Waals surface area contributed by atoms with E-state index in [9.17, 15) is 0 Å². The predicted octanol–water partition coefficient (Wildman–Crippen LogP) is 2.19. The molecule has 2 fully saturated rings. The summed E-state index contributed by atoms with van der Waals surface area (Å²) >= 11 is 2.11. The smallest absolute Gasteiger partial charge is 0.193 e. The van der Waals surface area contributed by atoms with Crippen molar-refractivity contribution in [3.63, 3.8) is 0 Å². The Bertz CT molecular complexity index is 263. The van der Waals surface area contributed by atoms with Crippen LogP contribution >= 0.6 is 11.8 Å². The zero-order chi connectivity index (χ0) is 12.1. The van der Waals surface area contributed by atoms with Crippen molar-refractivity contribution in [3.8, 4) is 0 Å². The van der Waals surface area contributed by atoms with Gasteiger partial charge in [-0.3, -0.25) is 4.99 Å². The van der Waals surface area contributed by atoms with Gasteiger partial charge in [0.15, 0.2) is 5.96 Å². The SMILES string of the molecule is CCC1CN(C(=NC)NCC2CCC2)CCS1. The molecule has 0 spiro atoms. The van der Waals surface area contributed by atoms with Crippen LogP contribution in [0.1, 0.15) is 32.6 Å². The summed E-state index contributed by atoms with van der Waals surface area (Å²) in [6.45, 7) is 5.70. The number of nitrogens with zero attached hydrogens (tertiary/aromatic N) is 2. The van der Waals surface area contributed by atoms with E-state index in [1.807, 2.05) is 7.05 Å².